The Morgan fingerprint density at radius 2 is 1.71 bits per heavy atom. The van der Waals surface area contributed by atoms with Gasteiger partial charge in [0, 0.05) is 15.6 Å². The molecule has 0 bridgehead atoms. The Morgan fingerprint density at radius 3 is 2.24 bits per heavy atom. The summed E-state index contributed by atoms with van der Waals surface area (Å²) in [6.07, 6.45) is 1.27. The molecule has 0 spiro atoms. The normalized spacial score (nSPS) is 11.7. The van der Waals surface area contributed by atoms with Gasteiger partial charge in [-0.25, -0.2) is 8.42 Å². The highest BCUT2D eigenvalue weighted by Crippen LogP contribution is 2.26. The fourth-order valence-electron chi connectivity index (χ4n) is 1.43. The summed E-state index contributed by atoms with van der Waals surface area (Å²) in [7, 11) is -3.18. The molecule has 1 rings (SSSR count). The molecule has 1 aromatic rings. The van der Waals surface area contributed by atoms with Crippen molar-refractivity contribution in [2.24, 2.45) is 5.73 Å². The average Bonchev–Trinajstić information content (AvgIpc) is 2.24. The molecule has 0 heterocycles. The lowest BCUT2D eigenvalue weighted by atomic mass is 10.2. The van der Waals surface area contributed by atoms with Crippen LogP contribution in [0.2, 0.25) is 10.0 Å². The molecule has 0 aliphatic carbocycles. The zero-order valence-corrected chi connectivity index (χ0v) is 11.7. The van der Waals surface area contributed by atoms with E-state index in [9.17, 15) is 8.42 Å². The molecule has 0 atom stereocenters. The molecule has 0 saturated carbocycles. The van der Waals surface area contributed by atoms with Gasteiger partial charge in [-0.3, -0.25) is 0 Å². The summed E-state index contributed by atoms with van der Waals surface area (Å²) in [5.41, 5.74) is 5.80. The maximum atomic E-state index is 11.8. The van der Waals surface area contributed by atoms with Crippen molar-refractivity contribution in [2.75, 3.05) is 12.3 Å². The molecule has 17 heavy (non-hydrogen) atoms. The maximum absolute atomic E-state index is 11.8. The Bertz CT molecular complexity index is 454. The molecular weight excluding hydrogens is 281 g/mol. The molecule has 0 amide bonds. The molecule has 0 fully saturated rings. The van der Waals surface area contributed by atoms with Gasteiger partial charge in [0.25, 0.3) is 0 Å². The van der Waals surface area contributed by atoms with Gasteiger partial charge in [0.1, 0.15) is 0 Å². The number of unbranched alkanes of at least 4 members (excludes halogenated alkanes) is 1. The fourth-order valence-corrected chi connectivity index (χ4v) is 3.66. The van der Waals surface area contributed by atoms with Crippen molar-refractivity contribution in [3.63, 3.8) is 0 Å². The molecule has 0 aromatic heterocycles. The Hall–Kier alpha value is -0.290. The number of hydrogen-bond acceptors (Lipinski definition) is 3. The molecule has 0 saturated heterocycles. The highest BCUT2D eigenvalue weighted by atomic mass is 35.5. The lowest BCUT2D eigenvalue weighted by Crippen LogP contribution is -2.11. The third-order valence-corrected chi connectivity index (χ3v) is 4.68. The highest BCUT2D eigenvalue weighted by Gasteiger charge is 2.16. The number of sulfone groups is 1. The zero-order valence-electron chi connectivity index (χ0n) is 9.33. The fraction of sp³-hybridized carbons (Fsp3) is 0.455. The van der Waals surface area contributed by atoms with Crippen molar-refractivity contribution in [2.45, 2.75) is 18.6 Å². The van der Waals surface area contributed by atoms with E-state index in [-0.39, 0.29) is 11.5 Å². The van der Waals surface area contributed by atoms with E-state index in [1.54, 1.807) is 18.2 Å². The first-order valence-corrected chi connectivity index (χ1v) is 7.87. The number of nitrogens with two attached hydrogens (primary N) is 1. The van der Waals surface area contributed by atoms with Crippen LogP contribution in [-0.2, 0) is 15.6 Å². The van der Waals surface area contributed by atoms with Gasteiger partial charge in [0.2, 0.25) is 0 Å². The summed E-state index contributed by atoms with van der Waals surface area (Å²) in [5.74, 6) is 0.00182. The van der Waals surface area contributed by atoms with E-state index in [1.807, 2.05) is 0 Å². The Kier molecular flexibility index (Phi) is 5.73. The first-order valence-electron chi connectivity index (χ1n) is 5.29. The minimum absolute atomic E-state index is 0.115. The zero-order chi connectivity index (χ0) is 12.9. The van der Waals surface area contributed by atoms with Crippen LogP contribution in [0.5, 0.6) is 0 Å². The molecule has 0 aliphatic heterocycles. The van der Waals surface area contributed by atoms with Crippen LogP contribution in [0, 0.1) is 0 Å². The van der Waals surface area contributed by atoms with Crippen molar-refractivity contribution in [1.29, 1.82) is 0 Å². The monoisotopic (exact) mass is 295 g/mol. The van der Waals surface area contributed by atoms with Crippen LogP contribution in [0.25, 0.3) is 0 Å². The average molecular weight is 296 g/mol. The lowest BCUT2D eigenvalue weighted by Gasteiger charge is -2.07. The first kappa shape index (κ1) is 14.8. The molecule has 0 unspecified atom stereocenters. The Balaban J connectivity index is 2.76. The van der Waals surface area contributed by atoms with E-state index in [0.29, 0.717) is 35.0 Å². The van der Waals surface area contributed by atoms with Crippen LogP contribution >= 0.6 is 23.2 Å². The van der Waals surface area contributed by atoms with Crippen LogP contribution in [-0.4, -0.2) is 20.7 Å². The van der Waals surface area contributed by atoms with Crippen molar-refractivity contribution in [3.05, 3.63) is 33.8 Å². The second-order valence-electron chi connectivity index (χ2n) is 3.79. The van der Waals surface area contributed by atoms with Gasteiger partial charge >= 0.3 is 0 Å². The first-order chi connectivity index (χ1) is 7.96. The standard InChI is InChI=1S/C11H15Cl2NO2S/c12-10-4-3-5-11(13)9(10)8-17(15,16)7-2-1-6-14/h3-5H,1-2,6-8,14H2. The van der Waals surface area contributed by atoms with Crippen LogP contribution in [0.3, 0.4) is 0 Å². The third-order valence-electron chi connectivity index (χ3n) is 2.34. The summed E-state index contributed by atoms with van der Waals surface area (Å²) >= 11 is 11.9. The minimum Gasteiger partial charge on any atom is -0.330 e. The second kappa shape index (κ2) is 6.59. The van der Waals surface area contributed by atoms with E-state index >= 15 is 0 Å². The largest absolute Gasteiger partial charge is 0.330 e. The van der Waals surface area contributed by atoms with Gasteiger partial charge in [0.05, 0.1) is 11.5 Å². The number of benzene rings is 1. The maximum Gasteiger partial charge on any atom is 0.154 e. The quantitative estimate of drug-likeness (QED) is 0.821. The SMILES string of the molecule is NCCCCS(=O)(=O)Cc1c(Cl)cccc1Cl. The molecule has 1 aromatic carbocycles. The molecule has 0 radical (unpaired) electrons. The molecule has 3 nitrogen and oxygen atoms in total. The molecular formula is C11H15Cl2NO2S. The summed E-state index contributed by atoms with van der Waals surface area (Å²) in [6, 6.07) is 4.96. The van der Waals surface area contributed by atoms with Crippen molar-refractivity contribution in [1.82, 2.24) is 0 Å². The van der Waals surface area contributed by atoms with Gasteiger partial charge in [-0.05, 0) is 31.5 Å². The van der Waals surface area contributed by atoms with Gasteiger partial charge in [-0.2, -0.15) is 0 Å². The molecule has 6 heteroatoms. The topological polar surface area (TPSA) is 60.2 Å². The van der Waals surface area contributed by atoms with Crippen molar-refractivity contribution in [3.8, 4) is 0 Å². The van der Waals surface area contributed by atoms with Crippen LogP contribution in [0.15, 0.2) is 18.2 Å². The van der Waals surface area contributed by atoms with Crippen molar-refractivity contribution < 1.29 is 8.42 Å². The van der Waals surface area contributed by atoms with Crippen LogP contribution in [0.4, 0.5) is 0 Å². The predicted octanol–water partition coefficient (Wildman–Crippen LogP) is 2.65. The summed E-state index contributed by atoms with van der Waals surface area (Å²) < 4.78 is 23.6. The Labute approximate surface area is 112 Å². The van der Waals surface area contributed by atoms with E-state index in [0.717, 1.165) is 0 Å². The Morgan fingerprint density at radius 1 is 1.12 bits per heavy atom. The van der Waals surface area contributed by atoms with Crippen LogP contribution < -0.4 is 5.73 Å². The third kappa shape index (κ3) is 4.84. The summed E-state index contributed by atoms with van der Waals surface area (Å²) in [6.45, 7) is 0.502. The van der Waals surface area contributed by atoms with E-state index in [2.05, 4.69) is 0 Å². The van der Waals surface area contributed by atoms with Crippen LogP contribution in [0.1, 0.15) is 18.4 Å². The van der Waals surface area contributed by atoms with Gasteiger partial charge < -0.3 is 5.73 Å². The highest BCUT2D eigenvalue weighted by molar-refractivity contribution is 7.90. The number of halogens is 2. The van der Waals surface area contributed by atoms with E-state index in [4.69, 9.17) is 28.9 Å². The van der Waals surface area contributed by atoms with E-state index < -0.39 is 9.84 Å². The minimum atomic E-state index is -3.18. The number of rotatable bonds is 6. The molecule has 0 aliphatic rings. The number of hydrogen-bond donors (Lipinski definition) is 1. The van der Waals surface area contributed by atoms with Crippen molar-refractivity contribution >= 4 is 33.0 Å². The molecule has 2 N–H and O–H groups in total. The predicted molar refractivity (Wildman–Crippen MR) is 72.2 cm³/mol. The van der Waals surface area contributed by atoms with Gasteiger partial charge in [0.15, 0.2) is 9.84 Å². The van der Waals surface area contributed by atoms with Gasteiger partial charge in [-0.1, -0.05) is 29.3 Å². The van der Waals surface area contributed by atoms with Gasteiger partial charge in [-0.15, -0.1) is 0 Å². The molecule has 96 valence electrons. The summed E-state index contributed by atoms with van der Waals surface area (Å²) in [5, 5.41) is 0.778. The smallest absolute Gasteiger partial charge is 0.154 e. The summed E-state index contributed by atoms with van der Waals surface area (Å²) in [4.78, 5) is 0. The second-order valence-corrected chi connectivity index (χ2v) is 6.79. The lowest BCUT2D eigenvalue weighted by molar-refractivity contribution is 0.591. The van der Waals surface area contributed by atoms with E-state index in [1.165, 1.54) is 0 Å².